The third kappa shape index (κ3) is 3.54. The van der Waals surface area contributed by atoms with Gasteiger partial charge < -0.3 is 10.1 Å². The van der Waals surface area contributed by atoms with E-state index >= 15 is 0 Å². The van der Waals surface area contributed by atoms with Gasteiger partial charge in [0.05, 0.1) is 0 Å². The van der Waals surface area contributed by atoms with Gasteiger partial charge in [-0.2, -0.15) is 0 Å². The first-order chi connectivity index (χ1) is 7.45. The summed E-state index contributed by atoms with van der Waals surface area (Å²) in [5.41, 5.74) is 0.661. The molecule has 0 saturated carbocycles. The summed E-state index contributed by atoms with van der Waals surface area (Å²) in [6.45, 7) is 8.93. The summed E-state index contributed by atoms with van der Waals surface area (Å²) >= 11 is 0. The van der Waals surface area contributed by atoms with Crippen LogP contribution in [-0.2, 0) is 16.9 Å². The van der Waals surface area contributed by atoms with Crippen molar-refractivity contribution in [1.29, 1.82) is 0 Å². The van der Waals surface area contributed by atoms with E-state index < -0.39 is 5.60 Å². The molecular formula is C12H21N3O. The third-order valence-corrected chi connectivity index (χ3v) is 2.47. The largest absolute Gasteiger partial charge is 0.371 e. The minimum absolute atomic E-state index is 0.427. The average molecular weight is 223 g/mol. The highest BCUT2D eigenvalue weighted by Gasteiger charge is 2.22. The number of nitrogens with one attached hydrogen (secondary N) is 1. The van der Waals surface area contributed by atoms with Gasteiger partial charge in [-0.3, -0.25) is 0 Å². The number of rotatable bonds is 5. The van der Waals surface area contributed by atoms with Gasteiger partial charge in [0.1, 0.15) is 5.60 Å². The second kappa shape index (κ2) is 5.37. The third-order valence-electron chi connectivity index (χ3n) is 2.47. The molecule has 1 N–H and O–H groups in total. The Kier molecular flexibility index (Phi) is 4.38. The highest BCUT2D eigenvalue weighted by atomic mass is 16.5. The monoisotopic (exact) mass is 223 g/mol. The molecule has 0 aliphatic rings. The van der Waals surface area contributed by atoms with Crippen LogP contribution in [-0.4, -0.2) is 23.1 Å². The second-order valence-corrected chi connectivity index (χ2v) is 4.66. The van der Waals surface area contributed by atoms with Crippen LogP contribution >= 0.6 is 0 Å². The van der Waals surface area contributed by atoms with Crippen molar-refractivity contribution in [1.82, 2.24) is 15.3 Å². The lowest BCUT2D eigenvalue weighted by atomic mass is 10.1. The molecule has 0 fully saturated rings. The van der Waals surface area contributed by atoms with Crippen molar-refractivity contribution in [2.24, 2.45) is 0 Å². The molecule has 4 nitrogen and oxygen atoms in total. The Labute approximate surface area is 97.5 Å². The summed E-state index contributed by atoms with van der Waals surface area (Å²) in [4.78, 5) is 8.65. The summed E-state index contributed by atoms with van der Waals surface area (Å²) in [6.07, 6.45) is 3.69. The molecule has 0 radical (unpaired) electrons. The zero-order valence-corrected chi connectivity index (χ0v) is 10.7. The maximum absolute atomic E-state index is 5.32. The van der Waals surface area contributed by atoms with Gasteiger partial charge in [0.2, 0.25) is 0 Å². The van der Waals surface area contributed by atoms with Crippen LogP contribution in [0.1, 0.15) is 39.1 Å². The van der Waals surface area contributed by atoms with Crippen molar-refractivity contribution in [3.8, 4) is 0 Å². The molecule has 4 heteroatoms. The van der Waals surface area contributed by atoms with E-state index in [1.54, 1.807) is 7.11 Å². The maximum atomic E-state index is 5.32. The predicted octanol–water partition coefficient (Wildman–Crippen LogP) is 1.86. The van der Waals surface area contributed by atoms with E-state index in [-0.39, 0.29) is 0 Å². The van der Waals surface area contributed by atoms with Crippen molar-refractivity contribution in [2.75, 3.05) is 7.11 Å². The van der Waals surface area contributed by atoms with Gasteiger partial charge in [-0.25, -0.2) is 9.97 Å². The first-order valence-corrected chi connectivity index (χ1v) is 5.55. The number of methoxy groups -OCH3 is 1. The van der Waals surface area contributed by atoms with Crippen molar-refractivity contribution >= 4 is 0 Å². The van der Waals surface area contributed by atoms with E-state index in [0.29, 0.717) is 11.9 Å². The molecule has 0 aromatic carbocycles. The Morgan fingerprint density at radius 3 is 2.31 bits per heavy atom. The molecule has 0 spiro atoms. The molecule has 1 aromatic heterocycles. The molecule has 16 heavy (non-hydrogen) atoms. The van der Waals surface area contributed by atoms with Crippen LogP contribution in [0, 0.1) is 0 Å². The zero-order valence-electron chi connectivity index (χ0n) is 10.7. The number of ether oxygens (including phenoxy) is 1. The predicted molar refractivity (Wildman–Crippen MR) is 64.0 cm³/mol. The molecule has 1 aromatic rings. The lowest BCUT2D eigenvalue weighted by Gasteiger charge is -2.20. The molecule has 0 aliphatic heterocycles. The van der Waals surface area contributed by atoms with E-state index in [4.69, 9.17) is 4.74 Å². The minimum Gasteiger partial charge on any atom is -0.371 e. The molecular weight excluding hydrogens is 202 g/mol. The highest BCUT2D eigenvalue weighted by Crippen LogP contribution is 2.18. The van der Waals surface area contributed by atoms with Crippen molar-refractivity contribution in [2.45, 2.75) is 45.9 Å². The van der Waals surface area contributed by atoms with Crippen LogP contribution in [0.3, 0.4) is 0 Å². The van der Waals surface area contributed by atoms with Crippen LogP contribution in [0.15, 0.2) is 12.4 Å². The van der Waals surface area contributed by atoms with Gasteiger partial charge >= 0.3 is 0 Å². The number of hydrogen-bond donors (Lipinski definition) is 1. The Bertz CT molecular complexity index is 320. The molecule has 0 saturated heterocycles. The minimum atomic E-state index is -0.427. The average Bonchev–Trinajstić information content (AvgIpc) is 2.27. The highest BCUT2D eigenvalue weighted by molar-refractivity contribution is 5.08. The summed E-state index contributed by atoms with van der Waals surface area (Å²) in [7, 11) is 1.66. The fraction of sp³-hybridized carbons (Fsp3) is 0.667. The van der Waals surface area contributed by atoms with Gasteiger partial charge in [-0.05, 0) is 13.8 Å². The summed E-state index contributed by atoms with van der Waals surface area (Å²) < 4.78 is 5.32. The van der Waals surface area contributed by atoms with Crippen LogP contribution in [0.5, 0.6) is 0 Å². The maximum Gasteiger partial charge on any atom is 0.159 e. The van der Waals surface area contributed by atoms with Gasteiger partial charge in [0.25, 0.3) is 0 Å². The summed E-state index contributed by atoms with van der Waals surface area (Å²) in [5, 5.41) is 3.32. The fourth-order valence-electron chi connectivity index (χ4n) is 1.17. The first kappa shape index (κ1) is 13.1. The van der Waals surface area contributed by atoms with Gasteiger partial charge in [-0.15, -0.1) is 0 Å². The van der Waals surface area contributed by atoms with Crippen LogP contribution in [0.2, 0.25) is 0 Å². The summed E-state index contributed by atoms with van der Waals surface area (Å²) in [6, 6.07) is 0.468. The van der Waals surface area contributed by atoms with Crippen molar-refractivity contribution in [3.63, 3.8) is 0 Å². The fourth-order valence-corrected chi connectivity index (χ4v) is 1.17. The quantitative estimate of drug-likeness (QED) is 0.827. The van der Waals surface area contributed by atoms with Crippen molar-refractivity contribution < 1.29 is 4.74 Å². The summed E-state index contributed by atoms with van der Waals surface area (Å²) in [5.74, 6) is 0.711. The molecule has 1 heterocycles. The van der Waals surface area contributed by atoms with Crippen LogP contribution in [0.4, 0.5) is 0 Å². The Hall–Kier alpha value is -1.00. The molecule has 0 bridgehead atoms. The van der Waals surface area contributed by atoms with Crippen LogP contribution < -0.4 is 5.32 Å². The van der Waals surface area contributed by atoms with Gasteiger partial charge in [0.15, 0.2) is 5.82 Å². The molecule has 0 atom stereocenters. The Morgan fingerprint density at radius 2 is 1.88 bits per heavy atom. The Morgan fingerprint density at radius 1 is 1.31 bits per heavy atom. The number of hydrogen-bond acceptors (Lipinski definition) is 4. The number of nitrogens with zero attached hydrogens (tertiary/aromatic N) is 2. The van der Waals surface area contributed by atoms with E-state index in [1.807, 2.05) is 26.2 Å². The lowest BCUT2D eigenvalue weighted by Crippen LogP contribution is -2.24. The van der Waals surface area contributed by atoms with Gasteiger partial charge in [0, 0.05) is 37.7 Å². The normalized spacial score (nSPS) is 12.1. The van der Waals surface area contributed by atoms with E-state index in [0.717, 1.165) is 12.1 Å². The molecule has 0 unspecified atom stereocenters. The molecule has 0 amide bonds. The van der Waals surface area contributed by atoms with E-state index in [2.05, 4.69) is 29.1 Å². The first-order valence-electron chi connectivity index (χ1n) is 5.55. The zero-order chi connectivity index (χ0) is 12.2. The molecule has 0 aliphatic carbocycles. The molecule has 90 valence electrons. The van der Waals surface area contributed by atoms with Gasteiger partial charge in [-0.1, -0.05) is 13.8 Å². The number of aromatic nitrogens is 2. The molecule has 1 rings (SSSR count). The Balaban J connectivity index is 2.68. The second-order valence-electron chi connectivity index (χ2n) is 4.66. The van der Waals surface area contributed by atoms with E-state index in [1.165, 1.54) is 0 Å². The van der Waals surface area contributed by atoms with Crippen molar-refractivity contribution in [3.05, 3.63) is 23.8 Å². The lowest BCUT2D eigenvalue weighted by molar-refractivity contribution is 0.0114. The van der Waals surface area contributed by atoms with E-state index in [9.17, 15) is 0 Å². The SMILES string of the molecule is COC(C)(C)c1ncc(CNC(C)C)cn1. The topological polar surface area (TPSA) is 47.0 Å². The van der Waals surface area contributed by atoms with Crippen LogP contribution in [0.25, 0.3) is 0 Å². The standard InChI is InChI=1S/C12H21N3O/c1-9(2)13-6-10-7-14-11(15-8-10)12(3,4)16-5/h7-9,13H,6H2,1-5H3. The smallest absolute Gasteiger partial charge is 0.159 e.